The van der Waals surface area contributed by atoms with Crippen molar-refractivity contribution in [2.45, 2.75) is 18.9 Å². The van der Waals surface area contributed by atoms with Crippen LogP contribution >= 0.6 is 0 Å². The Morgan fingerprint density at radius 2 is 2.23 bits per heavy atom. The van der Waals surface area contributed by atoms with E-state index in [-0.39, 0.29) is 0 Å². The monoisotopic (exact) mass is 185 g/mol. The van der Waals surface area contributed by atoms with Gasteiger partial charge in [0, 0.05) is 31.9 Å². The second-order valence-electron chi connectivity index (χ2n) is 3.04. The predicted octanol–water partition coefficient (Wildman–Crippen LogP) is 0.396. The van der Waals surface area contributed by atoms with Crippen molar-refractivity contribution in [1.29, 1.82) is 0 Å². The first-order chi connectivity index (χ1) is 6.29. The summed E-state index contributed by atoms with van der Waals surface area (Å²) in [7, 11) is 0. The minimum absolute atomic E-state index is 0.479. The summed E-state index contributed by atoms with van der Waals surface area (Å²) in [5.41, 5.74) is 0. The lowest BCUT2D eigenvalue weighted by molar-refractivity contribution is -0.131. The molecule has 0 aromatic rings. The lowest BCUT2D eigenvalue weighted by atomic mass is 10.1. The minimum Gasteiger partial charge on any atom is -0.478 e. The van der Waals surface area contributed by atoms with Crippen LogP contribution in [0.5, 0.6) is 0 Å². The van der Waals surface area contributed by atoms with Gasteiger partial charge in [-0.05, 0) is 12.8 Å². The number of aliphatic carboxylic acids is 1. The fraction of sp³-hybridized carbons (Fsp3) is 0.667. The van der Waals surface area contributed by atoms with Gasteiger partial charge in [0.05, 0.1) is 0 Å². The maximum Gasteiger partial charge on any atom is 0.328 e. The van der Waals surface area contributed by atoms with Gasteiger partial charge in [0.2, 0.25) is 0 Å². The van der Waals surface area contributed by atoms with Gasteiger partial charge in [-0.25, -0.2) is 4.79 Å². The van der Waals surface area contributed by atoms with Crippen molar-refractivity contribution in [3.8, 4) is 0 Å². The molecule has 1 aliphatic heterocycles. The highest BCUT2D eigenvalue weighted by atomic mass is 16.5. The van der Waals surface area contributed by atoms with E-state index in [0.29, 0.717) is 12.6 Å². The van der Waals surface area contributed by atoms with Gasteiger partial charge in [0.1, 0.15) is 0 Å². The van der Waals surface area contributed by atoms with Gasteiger partial charge >= 0.3 is 5.97 Å². The molecule has 0 bridgehead atoms. The second kappa shape index (κ2) is 5.72. The van der Waals surface area contributed by atoms with Crippen molar-refractivity contribution in [2.75, 3.05) is 19.8 Å². The Kier molecular flexibility index (Phi) is 4.49. The van der Waals surface area contributed by atoms with Gasteiger partial charge in [-0.3, -0.25) is 0 Å². The third kappa shape index (κ3) is 4.65. The van der Waals surface area contributed by atoms with E-state index in [1.807, 2.05) is 0 Å². The zero-order valence-electron chi connectivity index (χ0n) is 7.53. The number of nitrogens with one attached hydrogen (secondary N) is 1. The van der Waals surface area contributed by atoms with Gasteiger partial charge in [-0.1, -0.05) is 6.08 Å². The first kappa shape index (κ1) is 10.2. The number of hydrogen-bond acceptors (Lipinski definition) is 3. The summed E-state index contributed by atoms with van der Waals surface area (Å²) in [4.78, 5) is 10.1. The normalized spacial score (nSPS) is 19.4. The summed E-state index contributed by atoms with van der Waals surface area (Å²) >= 11 is 0. The molecular weight excluding hydrogens is 170 g/mol. The van der Waals surface area contributed by atoms with E-state index in [9.17, 15) is 4.79 Å². The number of carboxylic acids is 1. The molecule has 0 saturated carbocycles. The van der Waals surface area contributed by atoms with Crippen LogP contribution in [0.2, 0.25) is 0 Å². The quantitative estimate of drug-likeness (QED) is 0.622. The molecule has 0 aliphatic carbocycles. The third-order valence-electron chi connectivity index (χ3n) is 2.01. The van der Waals surface area contributed by atoms with Crippen molar-refractivity contribution in [3.05, 3.63) is 12.2 Å². The first-order valence-electron chi connectivity index (χ1n) is 4.49. The molecule has 4 heteroatoms. The Hall–Kier alpha value is -0.870. The highest BCUT2D eigenvalue weighted by molar-refractivity contribution is 5.79. The van der Waals surface area contributed by atoms with E-state index >= 15 is 0 Å². The van der Waals surface area contributed by atoms with Crippen LogP contribution in [0.15, 0.2) is 12.2 Å². The summed E-state index contributed by atoms with van der Waals surface area (Å²) in [5.74, 6) is -0.895. The lowest BCUT2D eigenvalue weighted by Gasteiger charge is -2.22. The van der Waals surface area contributed by atoms with E-state index in [2.05, 4.69) is 5.32 Å². The molecule has 13 heavy (non-hydrogen) atoms. The van der Waals surface area contributed by atoms with Crippen molar-refractivity contribution >= 4 is 5.97 Å². The lowest BCUT2D eigenvalue weighted by Crippen LogP contribution is -2.34. The minimum atomic E-state index is -0.895. The average molecular weight is 185 g/mol. The van der Waals surface area contributed by atoms with Crippen LogP contribution in [0.4, 0.5) is 0 Å². The molecule has 0 amide bonds. The van der Waals surface area contributed by atoms with E-state index in [1.54, 1.807) is 6.08 Å². The van der Waals surface area contributed by atoms with Gasteiger partial charge in [0.15, 0.2) is 0 Å². The fourth-order valence-electron chi connectivity index (χ4n) is 1.30. The molecule has 1 heterocycles. The molecule has 0 unspecified atom stereocenters. The SMILES string of the molecule is O=C(O)/C=C/CNC1CCOCC1. The number of hydrogen-bond donors (Lipinski definition) is 2. The topological polar surface area (TPSA) is 58.6 Å². The smallest absolute Gasteiger partial charge is 0.328 e. The van der Waals surface area contributed by atoms with Crippen LogP contribution in [-0.2, 0) is 9.53 Å². The van der Waals surface area contributed by atoms with Crippen LogP contribution in [0.25, 0.3) is 0 Å². The standard InChI is InChI=1S/C9H15NO3/c11-9(12)2-1-5-10-8-3-6-13-7-4-8/h1-2,8,10H,3-7H2,(H,11,12)/b2-1+. The van der Waals surface area contributed by atoms with Crippen LogP contribution in [0, 0.1) is 0 Å². The number of carboxylic acid groups (broad SMARTS) is 1. The summed E-state index contributed by atoms with van der Waals surface area (Å²) in [5, 5.41) is 11.6. The Bertz CT molecular complexity index is 185. The molecule has 1 fully saturated rings. The van der Waals surface area contributed by atoms with Crippen LogP contribution in [0.3, 0.4) is 0 Å². The first-order valence-corrected chi connectivity index (χ1v) is 4.49. The highest BCUT2D eigenvalue weighted by Gasteiger charge is 2.11. The van der Waals surface area contributed by atoms with Crippen molar-refractivity contribution in [1.82, 2.24) is 5.32 Å². The predicted molar refractivity (Wildman–Crippen MR) is 48.6 cm³/mol. The number of rotatable bonds is 4. The van der Waals surface area contributed by atoms with Gasteiger partial charge in [0.25, 0.3) is 0 Å². The van der Waals surface area contributed by atoms with Crippen LogP contribution in [0.1, 0.15) is 12.8 Å². The summed E-state index contributed by atoms with van der Waals surface area (Å²) in [6.45, 7) is 2.23. The molecule has 1 rings (SSSR count). The number of ether oxygens (including phenoxy) is 1. The molecule has 0 aromatic carbocycles. The summed E-state index contributed by atoms with van der Waals surface area (Å²) in [6, 6.07) is 0.479. The Morgan fingerprint density at radius 3 is 2.85 bits per heavy atom. The van der Waals surface area contributed by atoms with E-state index in [4.69, 9.17) is 9.84 Å². The maximum atomic E-state index is 10.1. The molecule has 4 nitrogen and oxygen atoms in total. The van der Waals surface area contributed by atoms with Gasteiger partial charge < -0.3 is 15.2 Å². The Labute approximate surface area is 77.6 Å². The Morgan fingerprint density at radius 1 is 1.54 bits per heavy atom. The molecule has 0 aromatic heterocycles. The average Bonchev–Trinajstić information content (AvgIpc) is 2.14. The summed E-state index contributed by atoms with van der Waals surface area (Å²) in [6.07, 6.45) is 4.81. The van der Waals surface area contributed by atoms with Crippen molar-refractivity contribution < 1.29 is 14.6 Å². The zero-order valence-corrected chi connectivity index (χ0v) is 7.53. The van der Waals surface area contributed by atoms with E-state index < -0.39 is 5.97 Å². The second-order valence-corrected chi connectivity index (χ2v) is 3.04. The van der Waals surface area contributed by atoms with Gasteiger partial charge in [-0.2, -0.15) is 0 Å². The van der Waals surface area contributed by atoms with Gasteiger partial charge in [-0.15, -0.1) is 0 Å². The fourth-order valence-corrected chi connectivity index (χ4v) is 1.30. The van der Waals surface area contributed by atoms with Crippen LogP contribution in [-0.4, -0.2) is 36.9 Å². The molecule has 0 atom stereocenters. The number of carbonyl (C=O) groups is 1. The zero-order chi connectivity index (χ0) is 9.52. The van der Waals surface area contributed by atoms with Crippen LogP contribution < -0.4 is 5.32 Å². The molecule has 1 saturated heterocycles. The molecule has 0 spiro atoms. The summed E-state index contributed by atoms with van der Waals surface area (Å²) < 4.78 is 5.19. The van der Waals surface area contributed by atoms with E-state index in [0.717, 1.165) is 32.1 Å². The molecule has 2 N–H and O–H groups in total. The van der Waals surface area contributed by atoms with Crippen molar-refractivity contribution in [2.24, 2.45) is 0 Å². The highest BCUT2D eigenvalue weighted by Crippen LogP contribution is 2.05. The maximum absolute atomic E-state index is 10.1. The molecule has 0 radical (unpaired) electrons. The molecule has 74 valence electrons. The largest absolute Gasteiger partial charge is 0.478 e. The molecule has 1 aliphatic rings. The van der Waals surface area contributed by atoms with E-state index in [1.165, 1.54) is 0 Å². The van der Waals surface area contributed by atoms with Crippen molar-refractivity contribution in [3.63, 3.8) is 0 Å². The Balaban J connectivity index is 2.07. The molecular formula is C9H15NO3. The third-order valence-corrected chi connectivity index (χ3v) is 2.01.